The van der Waals surface area contributed by atoms with Gasteiger partial charge in [-0.25, -0.2) is 4.98 Å². The monoisotopic (exact) mass is 341 g/mol. The number of aliphatic hydroxyl groups excluding tert-OH is 1. The molecule has 0 spiro atoms. The molecule has 25 heavy (non-hydrogen) atoms. The van der Waals surface area contributed by atoms with Crippen molar-refractivity contribution in [3.05, 3.63) is 54.2 Å². The summed E-state index contributed by atoms with van der Waals surface area (Å²) in [6, 6.07) is 14.2. The minimum atomic E-state index is 0.253. The van der Waals surface area contributed by atoms with Crippen molar-refractivity contribution in [1.29, 1.82) is 0 Å². The summed E-state index contributed by atoms with van der Waals surface area (Å²) in [7, 11) is 0. The zero-order valence-corrected chi connectivity index (χ0v) is 14.8. The van der Waals surface area contributed by atoms with E-state index in [-0.39, 0.29) is 6.61 Å². The maximum absolute atomic E-state index is 9.46. The van der Waals surface area contributed by atoms with Gasteiger partial charge in [-0.15, -0.1) is 0 Å². The average Bonchev–Trinajstić information content (AvgIpc) is 2.65. The van der Waals surface area contributed by atoms with E-state index in [0.29, 0.717) is 11.9 Å². The summed E-state index contributed by atoms with van der Waals surface area (Å²) in [5.74, 6) is 1.43. The lowest BCUT2D eigenvalue weighted by Crippen LogP contribution is -2.50. The number of nitrogens with zero attached hydrogens (tertiary/aromatic N) is 3. The molecule has 0 radical (unpaired) electrons. The summed E-state index contributed by atoms with van der Waals surface area (Å²) in [5, 5.41) is 9.46. The van der Waals surface area contributed by atoms with Gasteiger partial charge in [-0.3, -0.25) is 9.80 Å². The molecule has 2 heterocycles. The van der Waals surface area contributed by atoms with Crippen molar-refractivity contribution in [3.63, 3.8) is 0 Å². The second kappa shape index (κ2) is 8.94. The van der Waals surface area contributed by atoms with E-state index >= 15 is 0 Å². The second-order valence-corrected chi connectivity index (χ2v) is 6.47. The molecule has 134 valence electrons. The maximum Gasteiger partial charge on any atom is 0.219 e. The normalized spacial score (nSPS) is 17.4. The van der Waals surface area contributed by atoms with E-state index in [4.69, 9.17) is 4.74 Å². The van der Waals surface area contributed by atoms with E-state index in [9.17, 15) is 5.11 Å². The Morgan fingerprint density at radius 1 is 1.12 bits per heavy atom. The van der Waals surface area contributed by atoms with Gasteiger partial charge in [0, 0.05) is 51.0 Å². The standard InChI is InChI=1S/C20H27N3O2/c1-2-18(16-24)23-12-10-22(11-13-23)15-17-6-5-7-19(14-17)25-20-8-3-4-9-21-20/h3-9,14,18,24H,2,10-13,15-16H2,1H3. The van der Waals surface area contributed by atoms with E-state index in [1.807, 2.05) is 30.3 Å². The number of hydrogen-bond donors (Lipinski definition) is 1. The number of ether oxygens (including phenoxy) is 1. The predicted octanol–water partition coefficient (Wildman–Crippen LogP) is 2.76. The lowest BCUT2D eigenvalue weighted by Gasteiger charge is -2.38. The van der Waals surface area contributed by atoms with Gasteiger partial charge in [0.15, 0.2) is 0 Å². The number of piperazine rings is 1. The Hall–Kier alpha value is -1.95. The van der Waals surface area contributed by atoms with E-state index < -0.39 is 0 Å². The van der Waals surface area contributed by atoms with Crippen LogP contribution in [-0.4, -0.2) is 58.7 Å². The smallest absolute Gasteiger partial charge is 0.219 e. The third-order valence-corrected chi connectivity index (χ3v) is 4.77. The molecule has 2 aromatic rings. The van der Waals surface area contributed by atoms with Crippen LogP contribution in [0.15, 0.2) is 48.7 Å². The zero-order chi connectivity index (χ0) is 17.5. The Morgan fingerprint density at radius 3 is 2.64 bits per heavy atom. The highest BCUT2D eigenvalue weighted by Gasteiger charge is 2.22. The molecule has 1 aromatic carbocycles. The molecule has 0 aliphatic carbocycles. The van der Waals surface area contributed by atoms with Crippen LogP contribution in [0.2, 0.25) is 0 Å². The number of aromatic nitrogens is 1. The third kappa shape index (κ3) is 5.01. The molecule has 0 amide bonds. The minimum Gasteiger partial charge on any atom is -0.439 e. The molecule has 0 bridgehead atoms. The largest absolute Gasteiger partial charge is 0.439 e. The fraction of sp³-hybridized carbons (Fsp3) is 0.450. The highest BCUT2D eigenvalue weighted by molar-refractivity contribution is 5.31. The quantitative estimate of drug-likeness (QED) is 0.839. The molecule has 3 rings (SSSR count). The van der Waals surface area contributed by atoms with Crippen LogP contribution in [0, 0.1) is 0 Å². The molecule has 1 aliphatic rings. The van der Waals surface area contributed by atoms with Crippen LogP contribution in [0.3, 0.4) is 0 Å². The van der Waals surface area contributed by atoms with Crippen molar-refractivity contribution in [2.45, 2.75) is 25.9 Å². The molecule has 1 N–H and O–H groups in total. The summed E-state index contributed by atoms with van der Waals surface area (Å²) >= 11 is 0. The van der Waals surface area contributed by atoms with Crippen LogP contribution >= 0.6 is 0 Å². The van der Waals surface area contributed by atoms with E-state index in [1.54, 1.807) is 6.20 Å². The summed E-state index contributed by atoms with van der Waals surface area (Å²) in [5.41, 5.74) is 1.25. The molecule has 1 unspecified atom stereocenters. The Morgan fingerprint density at radius 2 is 1.96 bits per heavy atom. The van der Waals surface area contributed by atoms with Crippen LogP contribution < -0.4 is 4.74 Å². The van der Waals surface area contributed by atoms with Gasteiger partial charge in [0.05, 0.1) is 6.61 Å². The first-order valence-electron chi connectivity index (χ1n) is 9.03. The molecule has 1 aliphatic heterocycles. The van der Waals surface area contributed by atoms with Gasteiger partial charge < -0.3 is 9.84 Å². The molecule has 1 aromatic heterocycles. The number of hydrogen-bond acceptors (Lipinski definition) is 5. The van der Waals surface area contributed by atoms with Crippen molar-refractivity contribution in [2.24, 2.45) is 0 Å². The topological polar surface area (TPSA) is 48.8 Å². The maximum atomic E-state index is 9.46. The lowest BCUT2D eigenvalue weighted by atomic mass is 10.1. The average molecular weight is 341 g/mol. The van der Waals surface area contributed by atoms with E-state index in [0.717, 1.165) is 44.9 Å². The Balaban J connectivity index is 1.54. The number of aliphatic hydroxyl groups is 1. The molecular weight excluding hydrogens is 314 g/mol. The van der Waals surface area contributed by atoms with Gasteiger partial charge in [-0.05, 0) is 30.2 Å². The Kier molecular flexibility index (Phi) is 6.39. The molecule has 0 saturated carbocycles. The van der Waals surface area contributed by atoms with Crippen molar-refractivity contribution in [3.8, 4) is 11.6 Å². The van der Waals surface area contributed by atoms with Crippen LogP contribution in [0.1, 0.15) is 18.9 Å². The second-order valence-electron chi connectivity index (χ2n) is 6.47. The van der Waals surface area contributed by atoms with Gasteiger partial charge in [0.1, 0.15) is 5.75 Å². The van der Waals surface area contributed by atoms with Crippen LogP contribution in [0.25, 0.3) is 0 Å². The van der Waals surface area contributed by atoms with Gasteiger partial charge in [0.2, 0.25) is 5.88 Å². The van der Waals surface area contributed by atoms with E-state index in [2.05, 4.69) is 33.8 Å². The van der Waals surface area contributed by atoms with Gasteiger partial charge in [-0.1, -0.05) is 25.1 Å². The van der Waals surface area contributed by atoms with Gasteiger partial charge in [0.25, 0.3) is 0 Å². The zero-order valence-electron chi connectivity index (χ0n) is 14.8. The van der Waals surface area contributed by atoms with Gasteiger partial charge >= 0.3 is 0 Å². The molecule has 1 atom stereocenters. The highest BCUT2D eigenvalue weighted by atomic mass is 16.5. The summed E-state index contributed by atoms with van der Waals surface area (Å²) in [4.78, 5) is 9.06. The van der Waals surface area contributed by atoms with Crippen molar-refractivity contribution in [2.75, 3.05) is 32.8 Å². The number of rotatable bonds is 7. The van der Waals surface area contributed by atoms with Crippen molar-refractivity contribution in [1.82, 2.24) is 14.8 Å². The third-order valence-electron chi connectivity index (χ3n) is 4.77. The molecular formula is C20H27N3O2. The summed E-state index contributed by atoms with van der Waals surface area (Å²) in [6.45, 7) is 7.41. The molecule has 5 heteroatoms. The number of pyridine rings is 1. The van der Waals surface area contributed by atoms with Crippen LogP contribution in [0.4, 0.5) is 0 Å². The van der Waals surface area contributed by atoms with Crippen LogP contribution in [-0.2, 0) is 6.54 Å². The lowest BCUT2D eigenvalue weighted by molar-refractivity contribution is 0.0608. The SMILES string of the molecule is CCC(CO)N1CCN(Cc2cccc(Oc3ccccn3)c2)CC1. The first-order chi connectivity index (χ1) is 12.3. The Bertz CT molecular complexity index is 638. The first kappa shape index (κ1) is 17.9. The predicted molar refractivity (Wildman–Crippen MR) is 98.8 cm³/mol. The summed E-state index contributed by atoms with van der Waals surface area (Å²) < 4.78 is 5.82. The minimum absolute atomic E-state index is 0.253. The van der Waals surface area contributed by atoms with E-state index in [1.165, 1.54) is 5.56 Å². The fourth-order valence-electron chi connectivity index (χ4n) is 3.28. The van der Waals surface area contributed by atoms with Crippen molar-refractivity contribution < 1.29 is 9.84 Å². The Labute approximate surface area is 149 Å². The molecule has 5 nitrogen and oxygen atoms in total. The number of benzene rings is 1. The fourth-order valence-corrected chi connectivity index (χ4v) is 3.28. The highest BCUT2D eigenvalue weighted by Crippen LogP contribution is 2.21. The van der Waals surface area contributed by atoms with Crippen molar-refractivity contribution >= 4 is 0 Å². The summed E-state index contributed by atoms with van der Waals surface area (Å²) in [6.07, 6.45) is 2.73. The molecule has 1 saturated heterocycles. The first-order valence-corrected chi connectivity index (χ1v) is 9.03. The van der Waals surface area contributed by atoms with Crippen LogP contribution in [0.5, 0.6) is 11.6 Å². The molecule has 1 fully saturated rings. The van der Waals surface area contributed by atoms with Gasteiger partial charge in [-0.2, -0.15) is 0 Å².